The van der Waals surface area contributed by atoms with Crippen molar-refractivity contribution in [3.8, 4) is 17.2 Å². The van der Waals surface area contributed by atoms with Crippen LogP contribution < -0.4 is 24.8 Å². The average molecular weight is 386 g/mol. The van der Waals surface area contributed by atoms with Crippen molar-refractivity contribution >= 4 is 5.96 Å². The van der Waals surface area contributed by atoms with E-state index >= 15 is 0 Å². The van der Waals surface area contributed by atoms with Gasteiger partial charge in [0.15, 0.2) is 17.5 Å². The smallest absolute Gasteiger partial charge is 0.203 e. The number of aryl methyl sites for hydroxylation is 1. The highest BCUT2D eigenvalue weighted by Crippen LogP contribution is 2.38. The first-order chi connectivity index (χ1) is 13.5. The van der Waals surface area contributed by atoms with Crippen molar-refractivity contribution in [2.24, 2.45) is 4.99 Å². The van der Waals surface area contributed by atoms with E-state index in [0.717, 1.165) is 18.1 Å². The normalized spacial score (nSPS) is 12.3. The molecule has 0 bridgehead atoms. The SMILES string of the molecule is CN=C(NCc1cc(OC)c(OC)c(OC)c1)NCC(C)c1ccc(C)cc1. The second-order valence-electron chi connectivity index (χ2n) is 6.65. The van der Waals surface area contributed by atoms with E-state index in [1.165, 1.54) is 11.1 Å². The van der Waals surface area contributed by atoms with E-state index in [-0.39, 0.29) is 0 Å². The summed E-state index contributed by atoms with van der Waals surface area (Å²) in [5.74, 6) is 2.97. The summed E-state index contributed by atoms with van der Waals surface area (Å²) in [6.45, 7) is 5.67. The Morgan fingerprint density at radius 1 is 0.964 bits per heavy atom. The van der Waals surface area contributed by atoms with E-state index in [1.54, 1.807) is 28.4 Å². The summed E-state index contributed by atoms with van der Waals surface area (Å²) in [6, 6.07) is 12.5. The van der Waals surface area contributed by atoms with E-state index in [4.69, 9.17) is 14.2 Å². The van der Waals surface area contributed by atoms with Crippen LogP contribution in [0.15, 0.2) is 41.4 Å². The fourth-order valence-electron chi connectivity index (χ4n) is 2.91. The molecule has 28 heavy (non-hydrogen) atoms. The standard InChI is InChI=1S/C22H31N3O3/c1-15-7-9-18(10-8-15)16(2)13-24-22(23-3)25-14-17-11-19(26-4)21(28-6)20(12-17)27-5/h7-12,16H,13-14H2,1-6H3,(H2,23,24,25). The molecule has 2 N–H and O–H groups in total. The average Bonchev–Trinajstić information content (AvgIpc) is 2.73. The molecule has 6 heteroatoms. The summed E-state index contributed by atoms with van der Waals surface area (Å²) in [7, 11) is 6.59. The zero-order valence-corrected chi connectivity index (χ0v) is 17.6. The van der Waals surface area contributed by atoms with Gasteiger partial charge in [0.2, 0.25) is 5.75 Å². The lowest BCUT2D eigenvalue weighted by molar-refractivity contribution is 0.323. The second-order valence-corrected chi connectivity index (χ2v) is 6.65. The van der Waals surface area contributed by atoms with Gasteiger partial charge in [0.25, 0.3) is 0 Å². The minimum atomic E-state index is 0.375. The Bertz CT molecular complexity index is 763. The number of hydrogen-bond donors (Lipinski definition) is 2. The van der Waals surface area contributed by atoms with Gasteiger partial charge in [-0.1, -0.05) is 36.8 Å². The molecule has 2 aromatic rings. The predicted octanol–water partition coefficient (Wildman–Crippen LogP) is 3.49. The number of nitrogens with zero attached hydrogens (tertiary/aromatic N) is 1. The molecule has 0 aliphatic carbocycles. The lowest BCUT2D eigenvalue weighted by Crippen LogP contribution is -2.38. The monoisotopic (exact) mass is 385 g/mol. The molecule has 0 saturated carbocycles. The first-order valence-corrected chi connectivity index (χ1v) is 9.32. The molecule has 6 nitrogen and oxygen atoms in total. The highest BCUT2D eigenvalue weighted by molar-refractivity contribution is 5.79. The molecule has 1 unspecified atom stereocenters. The fourth-order valence-corrected chi connectivity index (χ4v) is 2.91. The third-order valence-electron chi connectivity index (χ3n) is 4.63. The maximum atomic E-state index is 5.41. The Balaban J connectivity index is 1.97. The largest absolute Gasteiger partial charge is 0.493 e. The van der Waals surface area contributed by atoms with E-state index in [1.807, 2.05) is 12.1 Å². The van der Waals surface area contributed by atoms with Gasteiger partial charge >= 0.3 is 0 Å². The molecule has 0 saturated heterocycles. The molecule has 0 aromatic heterocycles. The van der Waals surface area contributed by atoms with Crippen molar-refractivity contribution in [1.82, 2.24) is 10.6 Å². The van der Waals surface area contributed by atoms with Crippen LogP contribution in [0.25, 0.3) is 0 Å². The topological polar surface area (TPSA) is 64.1 Å². The van der Waals surface area contributed by atoms with Gasteiger partial charge in [-0.05, 0) is 36.1 Å². The van der Waals surface area contributed by atoms with Crippen LogP contribution in [0.5, 0.6) is 17.2 Å². The van der Waals surface area contributed by atoms with Gasteiger partial charge in [-0.2, -0.15) is 0 Å². The van der Waals surface area contributed by atoms with Crippen LogP contribution in [-0.2, 0) is 6.54 Å². The van der Waals surface area contributed by atoms with Crippen LogP contribution in [-0.4, -0.2) is 40.9 Å². The summed E-state index contributed by atoms with van der Waals surface area (Å²) in [4.78, 5) is 4.31. The van der Waals surface area contributed by atoms with Gasteiger partial charge in [-0.25, -0.2) is 0 Å². The second kappa shape index (κ2) is 10.4. The molecular formula is C22H31N3O3. The Labute approximate surface area is 167 Å². The number of rotatable bonds is 8. The number of aliphatic imine (C=N–C) groups is 1. The van der Waals surface area contributed by atoms with Crippen molar-refractivity contribution in [2.75, 3.05) is 34.9 Å². The minimum absolute atomic E-state index is 0.375. The third-order valence-corrected chi connectivity index (χ3v) is 4.63. The summed E-state index contributed by atoms with van der Waals surface area (Å²) < 4.78 is 16.2. The quantitative estimate of drug-likeness (QED) is 0.538. The van der Waals surface area contributed by atoms with Crippen LogP contribution in [0.1, 0.15) is 29.5 Å². The van der Waals surface area contributed by atoms with E-state index in [0.29, 0.717) is 29.7 Å². The lowest BCUT2D eigenvalue weighted by atomic mass is 10.0. The number of methoxy groups -OCH3 is 3. The minimum Gasteiger partial charge on any atom is -0.493 e. The Morgan fingerprint density at radius 2 is 1.57 bits per heavy atom. The van der Waals surface area contributed by atoms with Gasteiger partial charge in [0.05, 0.1) is 21.3 Å². The molecule has 2 aromatic carbocycles. The van der Waals surface area contributed by atoms with Crippen molar-refractivity contribution in [1.29, 1.82) is 0 Å². The van der Waals surface area contributed by atoms with Crippen LogP contribution in [0.2, 0.25) is 0 Å². The molecule has 0 fully saturated rings. The van der Waals surface area contributed by atoms with E-state index < -0.39 is 0 Å². The maximum absolute atomic E-state index is 5.41. The zero-order valence-electron chi connectivity index (χ0n) is 17.6. The highest BCUT2D eigenvalue weighted by Gasteiger charge is 2.13. The molecule has 2 rings (SSSR count). The number of ether oxygens (including phenoxy) is 3. The maximum Gasteiger partial charge on any atom is 0.203 e. The van der Waals surface area contributed by atoms with Gasteiger partial charge in [-0.15, -0.1) is 0 Å². The summed E-state index contributed by atoms with van der Waals surface area (Å²) >= 11 is 0. The molecule has 0 spiro atoms. The van der Waals surface area contributed by atoms with Crippen molar-refractivity contribution in [3.63, 3.8) is 0 Å². The van der Waals surface area contributed by atoms with Crippen molar-refractivity contribution in [3.05, 3.63) is 53.1 Å². The molecule has 0 radical (unpaired) electrons. The van der Waals surface area contributed by atoms with E-state index in [2.05, 4.69) is 53.7 Å². The number of nitrogens with one attached hydrogen (secondary N) is 2. The molecule has 0 aliphatic heterocycles. The van der Waals surface area contributed by atoms with Crippen LogP contribution >= 0.6 is 0 Å². The molecule has 152 valence electrons. The van der Waals surface area contributed by atoms with E-state index in [9.17, 15) is 0 Å². The van der Waals surface area contributed by atoms with Crippen LogP contribution in [0, 0.1) is 6.92 Å². The molecule has 0 aliphatic rings. The van der Waals surface area contributed by atoms with Gasteiger partial charge in [0, 0.05) is 20.1 Å². The van der Waals surface area contributed by atoms with Crippen molar-refractivity contribution < 1.29 is 14.2 Å². The number of guanidine groups is 1. The predicted molar refractivity (Wildman–Crippen MR) is 114 cm³/mol. The van der Waals surface area contributed by atoms with Gasteiger partial charge < -0.3 is 24.8 Å². The zero-order chi connectivity index (χ0) is 20.5. The highest BCUT2D eigenvalue weighted by atomic mass is 16.5. The number of benzene rings is 2. The van der Waals surface area contributed by atoms with Gasteiger partial charge in [-0.3, -0.25) is 4.99 Å². The molecular weight excluding hydrogens is 354 g/mol. The van der Waals surface area contributed by atoms with Crippen LogP contribution in [0.4, 0.5) is 0 Å². The summed E-state index contributed by atoms with van der Waals surface area (Å²) in [6.07, 6.45) is 0. The van der Waals surface area contributed by atoms with Crippen LogP contribution in [0.3, 0.4) is 0 Å². The summed E-state index contributed by atoms with van der Waals surface area (Å²) in [5, 5.41) is 6.71. The molecule has 0 heterocycles. The Hall–Kier alpha value is -2.89. The Morgan fingerprint density at radius 3 is 2.07 bits per heavy atom. The van der Waals surface area contributed by atoms with Gasteiger partial charge in [0.1, 0.15) is 0 Å². The van der Waals surface area contributed by atoms with Crippen molar-refractivity contribution in [2.45, 2.75) is 26.3 Å². The molecule has 0 amide bonds. The fraction of sp³-hybridized carbons (Fsp3) is 0.409. The first-order valence-electron chi connectivity index (χ1n) is 9.32. The third kappa shape index (κ3) is 5.55. The summed E-state index contributed by atoms with van der Waals surface area (Å²) in [5.41, 5.74) is 3.58. The lowest BCUT2D eigenvalue weighted by Gasteiger charge is -2.18. The number of hydrogen-bond acceptors (Lipinski definition) is 4. The Kier molecular flexibility index (Phi) is 7.99. The first kappa shape index (κ1) is 21.4. The molecule has 1 atom stereocenters.